The molecule has 0 bridgehead atoms. The van der Waals surface area contributed by atoms with Gasteiger partial charge in [0.1, 0.15) is 19.0 Å². The van der Waals surface area contributed by atoms with Crippen LogP contribution in [0.3, 0.4) is 0 Å². The summed E-state index contributed by atoms with van der Waals surface area (Å²) in [6.45, 7) is 6.57. The largest absolute Gasteiger partial charge is 0.487 e. The van der Waals surface area contributed by atoms with E-state index in [2.05, 4.69) is 15.4 Å². The van der Waals surface area contributed by atoms with Crippen LogP contribution < -0.4 is 4.74 Å². The molecule has 0 aliphatic rings. The van der Waals surface area contributed by atoms with Crippen LogP contribution in [-0.2, 0) is 25.5 Å². The summed E-state index contributed by atoms with van der Waals surface area (Å²) in [5.74, 6) is 0.744. The number of oxime groups is 1. The summed E-state index contributed by atoms with van der Waals surface area (Å²) in [5.41, 5.74) is 1.99. The van der Waals surface area contributed by atoms with Crippen LogP contribution in [0, 0.1) is 0 Å². The second-order valence-electron chi connectivity index (χ2n) is 7.21. The molecular weight excluding hydrogens is 474 g/mol. The molecule has 0 radical (unpaired) electrons. The SMILES string of the molecule is CCO/N=C(\COc1ccc(CC(OCC)C(=O)OCC)cc1)c1nnc(-c2ccc(Cl)cc2)o1. The van der Waals surface area contributed by atoms with E-state index in [0.29, 0.717) is 48.6 Å². The van der Waals surface area contributed by atoms with E-state index in [4.69, 9.17) is 35.1 Å². The summed E-state index contributed by atoms with van der Waals surface area (Å²) in [7, 11) is 0. The van der Waals surface area contributed by atoms with Crippen molar-refractivity contribution in [3.8, 4) is 17.2 Å². The van der Waals surface area contributed by atoms with Crippen LogP contribution in [0.5, 0.6) is 5.75 Å². The lowest BCUT2D eigenvalue weighted by Gasteiger charge is -2.15. The standard InChI is InChI=1S/C25H28ClN3O6/c1-4-31-22(25(30)32-5-2)15-17-7-13-20(14-8-17)33-16-21(29-34-6-3)24-28-27-23(35-24)18-9-11-19(26)12-10-18/h7-14,22H,4-6,15-16H2,1-3H3/b29-21+. The molecule has 0 amide bonds. The molecule has 2 aromatic carbocycles. The molecule has 186 valence electrons. The van der Waals surface area contributed by atoms with Crippen molar-refractivity contribution in [3.05, 3.63) is 65.0 Å². The molecule has 1 atom stereocenters. The fraction of sp³-hybridized carbons (Fsp3) is 0.360. The number of halogens is 1. The summed E-state index contributed by atoms with van der Waals surface area (Å²) >= 11 is 5.94. The first-order valence-corrected chi connectivity index (χ1v) is 11.7. The highest BCUT2D eigenvalue weighted by Crippen LogP contribution is 2.21. The van der Waals surface area contributed by atoms with Crippen LogP contribution in [-0.4, -0.2) is 54.4 Å². The van der Waals surface area contributed by atoms with Crippen molar-refractivity contribution < 1.29 is 28.3 Å². The molecule has 0 spiro atoms. The average molecular weight is 502 g/mol. The van der Waals surface area contributed by atoms with Crippen LogP contribution in [0.4, 0.5) is 0 Å². The van der Waals surface area contributed by atoms with E-state index < -0.39 is 6.10 Å². The summed E-state index contributed by atoms with van der Waals surface area (Å²) in [4.78, 5) is 17.3. The highest BCUT2D eigenvalue weighted by molar-refractivity contribution is 6.30. The Morgan fingerprint density at radius 2 is 1.74 bits per heavy atom. The van der Waals surface area contributed by atoms with Crippen molar-refractivity contribution in [3.63, 3.8) is 0 Å². The number of hydrogen-bond donors (Lipinski definition) is 0. The number of ether oxygens (including phenoxy) is 3. The Labute approximate surface area is 209 Å². The predicted octanol–water partition coefficient (Wildman–Crippen LogP) is 4.72. The molecule has 0 aliphatic carbocycles. The molecule has 0 saturated heterocycles. The third kappa shape index (κ3) is 7.80. The van der Waals surface area contributed by atoms with Crippen molar-refractivity contribution in [2.24, 2.45) is 5.16 Å². The average Bonchev–Trinajstić information content (AvgIpc) is 3.35. The van der Waals surface area contributed by atoms with Crippen LogP contribution in [0.1, 0.15) is 32.2 Å². The quantitative estimate of drug-likeness (QED) is 0.188. The van der Waals surface area contributed by atoms with Crippen molar-refractivity contribution in [2.75, 3.05) is 26.4 Å². The van der Waals surface area contributed by atoms with Gasteiger partial charge in [-0.05, 0) is 62.7 Å². The minimum atomic E-state index is -0.649. The topological polar surface area (TPSA) is 105 Å². The molecular formula is C25H28ClN3O6. The monoisotopic (exact) mass is 501 g/mol. The van der Waals surface area contributed by atoms with Crippen molar-refractivity contribution in [1.29, 1.82) is 0 Å². The Bertz CT molecular complexity index is 1100. The number of carbonyl (C=O) groups is 1. The maximum atomic E-state index is 12.1. The number of carbonyl (C=O) groups excluding carboxylic acids is 1. The number of nitrogens with zero attached hydrogens (tertiary/aromatic N) is 3. The second-order valence-corrected chi connectivity index (χ2v) is 7.64. The van der Waals surface area contributed by atoms with Gasteiger partial charge in [0.25, 0.3) is 5.89 Å². The molecule has 1 heterocycles. The maximum Gasteiger partial charge on any atom is 0.335 e. The fourth-order valence-corrected chi connectivity index (χ4v) is 3.18. The zero-order valence-electron chi connectivity index (χ0n) is 19.9. The number of benzene rings is 2. The van der Waals surface area contributed by atoms with Crippen molar-refractivity contribution in [1.82, 2.24) is 10.2 Å². The Morgan fingerprint density at radius 1 is 1.00 bits per heavy atom. The van der Waals surface area contributed by atoms with Crippen LogP contribution in [0.25, 0.3) is 11.5 Å². The van der Waals surface area contributed by atoms with E-state index >= 15 is 0 Å². The molecule has 0 aliphatic heterocycles. The van der Waals surface area contributed by atoms with E-state index in [0.717, 1.165) is 11.1 Å². The molecule has 35 heavy (non-hydrogen) atoms. The second kappa shape index (κ2) is 13.5. The predicted molar refractivity (Wildman–Crippen MR) is 131 cm³/mol. The van der Waals surface area contributed by atoms with Gasteiger partial charge in [-0.2, -0.15) is 0 Å². The normalized spacial score (nSPS) is 12.3. The lowest BCUT2D eigenvalue weighted by Crippen LogP contribution is -2.28. The third-order valence-electron chi connectivity index (χ3n) is 4.70. The van der Waals surface area contributed by atoms with E-state index in [1.807, 2.05) is 26.0 Å². The van der Waals surface area contributed by atoms with Gasteiger partial charge in [-0.3, -0.25) is 0 Å². The van der Waals surface area contributed by atoms with E-state index in [9.17, 15) is 4.79 Å². The lowest BCUT2D eigenvalue weighted by atomic mass is 10.1. The molecule has 3 aromatic rings. The molecule has 10 heteroatoms. The summed E-state index contributed by atoms with van der Waals surface area (Å²) in [6, 6.07) is 14.4. The molecule has 3 rings (SSSR count). The molecule has 0 fully saturated rings. The molecule has 0 N–H and O–H groups in total. The third-order valence-corrected chi connectivity index (χ3v) is 4.96. The first-order chi connectivity index (χ1) is 17.0. The number of rotatable bonds is 13. The summed E-state index contributed by atoms with van der Waals surface area (Å²) in [6.07, 6.45) is -0.247. The van der Waals surface area contributed by atoms with E-state index in [-0.39, 0.29) is 18.5 Å². The Morgan fingerprint density at radius 3 is 2.40 bits per heavy atom. The highest BCUT2D eigenvalue weighted by atomic mass is 35.5. The first-order valence-electron chi connectivity index (χ1n) is 11.3. The van der Waals surface area contributed by atoms with Gasteiger partial charge in [-0.15, -0.1) is 10.2 Å². The van der Waals surface area contributed by atoms with Crippen LogP contribution in [0.15, 0.2) is 58.1 Å². The van der Waals surface area contributed by atoms with Gasteiger partial charge in [0, 0.05) is 23.6 Å². The molecule has 9 nitrogen and oxygen atoms in total. The van der Waals surface area contributed by atoms with E-state index in [1.165, 1.54) is 0 Å². The Balaban J connectivity index is 1.65. The number of esters is 1. The van der Waals surface area contributed by atoms with Crippen LogP contribution >= 0.6 is 11.6 Å². The zero-order valence-corrected chi connectivity index (χ0v) is 20.7. The van der Waals surface area contributed by atoms with Crippen molar-refractivity contribution in [2.45, 2.75) is 33.3 Å². The summed E-state index contributed by atoms with van der Waals surface area (Å²) < 4.78 is 22.3. The van der Waals surface area contributed by atoms with Gasteiger partial charge in [-0.25, -0.2) is 4.79 Å². The number of hydrogen-bond acceptors (Lipinski definition) is 9. The highest BCUT2D eigenvalue weighted by Gasteiger charge is 2.21. The molecule has 1 aromatic heterocycles. The smallest absolute Gasteiger partial charge is 0.335 e. The van der Waals surface area contributed by atoms with E-state index in [1.54, 1.807) is 43.3 Å². The van der Waals surface area contributed by atoms with Gasteiger partial charge in [0.2, 0.25) is 5.89 Å². The minimum absolute atomic E-state index is 0.0476. The first kappa shape index (κ1) is 26.2. The molecule has 0 saturated carbocycles. The minimum Gasteiger partial charge on any atom is -0.487 e. The zero-order chi connectivity index (χ0) is 25.0. The molecule has 1 unspecified atom stereocenters. The lowest BCUT2D eigenvalue weighted by molar-refractivity contribution is -0.156. The van der Waals surface area contributed by atoms with Gasteiger partial charge < -0.3 is 23.5 Å². The van der Waals surface area contributed by atoms with Gasteiger partial charge in [0.05, 0.1) is 6.61 Å². The van der Waals surface area contributed by atoms with Gasteiger partial charge >= 0.3 is 5.97 Å². The summed E-state index contributed by atoms with van der Waals surface area (Å²) in [5, 5.41) is 12.8. The fourth-order valence-electron chi connectivity index (χ4n) is 3.05. The Hall–Kier alpha value is -3.43. The maximum absolute atomic E-state index is 12.1. The number of aromatic nitrogens is 2. The Kier molecular flexibility index (Phi) is 10.1. The van der Waals surface area contributed by atoms with Crippen molar-refractivity contribution >= 4 is 23.3 Å². The van der Waals surface area contributed by atoms with Gasteiger partial charge in [-0.1, -0.05) is 28.9 Å². The van der Waals surface area contributed by atoms with Gasteiger partial charge in [0.15, 0.2) is 11.8 Å². The van der Waals surface area contributed by atoms with Crippen LogP contribution in [0.2, 0.25) is 5.02 Å².